The first kappa shape index (κ1) is 26.8. The van der Waals surface area contributed by atoms with Crippen LogP contribution in [0.25, 0.3) is 89.5 Å². The molecule has 0 N–H and O–H groups in total. The first-order valence-electron chi connectivity index (χ1n) is 16.3. The van der Waals surface area contributed by atoms with Crippen LogP contribution in [0, 0.1) is 0 Å². The van der Waals surface area contributed by atoms with Crippen molar-refractivity contribution in [3.63, 3.8) is 0 Å². The fraction of sp³-hybridized carbons (Fsp3) is 0.0465. The highest BCUT2D eigenvalue weighted by atomic mass is 16.3. The van der Waals surface area contributed by atoms with Crippen LogP contribution in [0.1, 0.15) is 17.7 Å². The normalized spacial score (nSPS) is 12.8. The summed E-state index contributed by atoms with van der Waals surface area (Å²) in [6.45, 7) is 0. The molecule has 5 nitrogen and oxygen atoms in total. The maximum Gasteiger partial charge on any atom is 0.164 e. The molecule has 0 fully saturated rings. The van der Waals surface area contributed by atoms with Gasteiger partial charge < -0.3 is 8.98 Å². The minimum Gasteiger partial charge on any atom is -0.456 e. The summed E-state index contributed by atoms with van der Waals surface area (Å²) in [5.74, 6) is 2.82. The number of hydrogen-bond acceptors (Lipinski definition) is 4. The van der Waals surface area contributed by atoms with Crippen molar-refractivity contribution in [1.82, 2.24) is 19.5 Å². The number of aryl methyl sites for hydroxylation is 1. The van der Waals surface area contributed by atoms with Crippen molar-refractivity contribution >= 4 is 49.6 Å². The average molecular weight is 617 g/mol. The van der Waals surface area contributed by atoms with E-state index in [1.54, 1.807) is 0 Å². The van der Waals surface area contributed by atoms with Gasteiger partial charge >= 0.3 is 0 Å². The third-order valence-corrected chi connectivity index (χ3v) is 9.50. The van der Waals surface area contributed by atoms with Crippen LogP contribution in [0.3, 0.4) is 0 Å². The second kappa shape index (κ2) is 10.6. The van der Waals surface area contributed by atoms with Gasteiger partial charge in [0.15, 0.2) is 17.5 Å². The lowest BCUT2D eigenvalue weighted by atomic mass is 9.97. The highest BCUT2D eigenvalue weighted by Gasteiger charge is 2.22. The SMILES string of the molecule is C1=Cc2oc3cccc(-c4nc(-c5ccccc5)nc(-c5cc(-n6c7ccccc7c7ccccc76)c6ccccc6c5)n4)c3c2CC1. The van der Waals surface area contributed by atoms with E-state index in [9.17, 15) is 0 Å². The van der Waals surface area contributed by atoms with Crippen LogP contribution in [0.4, 0.5) is 0 Å². The van der Waals surface area contributed by atoms with E-state index in [1.807, 2.05) is 30.3 Å². The summed E-state index contributed by atoms with van der Waals surface area (Å²) in [5, 5.41) is 5.81. The summed E-state index contributed by atoms with van der Waals surface area (Å²) in [7, 11) is 0. The van der Waals surface area contributed by atoms with Gasteiger partial charge in [-0.05, 0) is 54.6 Å². The van der Waals surface area contributed by atoms with Crippen LogP contribution < -0.4 is 0 Å². The Morgan fingerprint density at radius 1 is 0.562 bits per heavy atom. The lowest BCUT2D eigenvalue weighted by Crippen LogP contribution is -2.02. The summed E-state index contributed by atoms with van der Waals surface area (Å²) in [6, 6.07) is 46.6. The zero-order valence-corrected chi connectivity index (χ0v) is 26.0. The van der Waals surface area contributed by atoms with Crippen LogP contribution in [-0.2, 0) is 6.42 Å². The Bertz CT molecular complexity index is 2680. The maximum atomic E-state index is 6.30. The molecule has 0 spiro atoms. The lowest BCUT2D eigenvalue weighted by Gasteiger charge is -2.15. The molecule has 1 aliphatic rings. The number of nitrogens with zero attached hydrogens (tertiary/aromatic N) is 4. The van der Waals surface area contributed by atoms with Crippen LogP contribution in [-0.4, -0.2) is 19.5 Å². The third kappa shape index (κ3) is 4.14. The monoisotopic (exact) mass is 616 g/mol. The van der Waals surface area contributed by atoms with Crippen LogP contribution >= 0.6 is 0 Å². The Hall–Kier alpha value is -6.33. The lowest BCUT2D eigenvalue weighted by molar-refractivity contribution is 0.595. The Labute approximate surface area is 276 Å². The van der Waals surface area contributed by atoms with E-state index < -0.39 is 0 Å². The highest BCUT2D eigenvalue weighted by Crippen LogP contribution is 2.39. The van der Waals surface area contributed by atoms with Gasteiger partial charge in [-0.25, -0.2) is 15.0 Å². The molecule has 10 rings (SSSR count). The summed E-state index contributed by atoms with van der Waals surface area (Å²) < 4.78 is 8.67. The Balaban J connectivity index is 1.26. The van der Waals surface area contributed by atoms with E-state index in [-0.39, 0.29) is 0 Å². The van der Waals surface area contributed by atoms with Crippen molar-refractivity contribution in [3.05, 3.63) is 151 Å². The number of para-hydroxylation sites is 2. The Morgan fingerprint density at radius 3 is 2.02 bits per heavy atom. The molecule has 0 radical (unpaired) electrons. The molecule has 6 aromatic carbocycles. The number of hydrogen-bond donors (Lipinski definition) is 0. The molecule has 3 aromatic heterocycles. The van der Waals surface area contributed by atoms with Crippen molar-refractivity contribution in [2.75, 3.05) is 0 Å². The number of allylic oxidation sites excluding steroid dienone is 1. The molecule has 226 valence electrons. The van der Waals surface area contributed by atoms with E-state index in [1.165, 1.54) is 16.3 Å². The third-order valence-electron chi connectivity index (χ3n) is 9.50. The minimum absolute atomic E-state index is 0.626. The molecule has 0 saturated heterocycles. The molecule has 0 atom stereocenters. The maximum absolute atomic E-state index is 6.30. The zero-order chi connectivity index (χ0) is 31.6. The molecule has 9 aromatic rings. The Kier molecular flexibility index (Phi) is 5.93. The van der Waals surface area contributed by atoms with Crippen molar-refractivity contribution in [3.8, 4) is 39.9 Å². The summed E-state index contributed by atoms with van der Waals surface area (Å²) >= 11 is 0. The van der Waals surface area contributed by atoms with Gasteiger partial charge in [-0.2, -0.15) is 0 Å². The average Bonchev–Trinajstić information content (AvgIpc) is 3.71. The van der Waals surface area contributed by atoms with E-state index in [2.05, 4.69) is 120 Å². The van der Waals surface area contributed by atoms with E-state index in [4.69, 9.17) is 19.4 Å². The van der Waals surface area contributed by atoms with Gasteiger partial charge in [-0.15, -0.1) is 0 Å². The quantitative estimate of drug-likeness (QED) is 0.197. The minimum atomic E-state index is 0.626. The van der Waals surface area contributed by atoms with E-state index >= 15 is 0 Å². The molecule has 0 saturated carbocycles. The number of benzene rings is 6. The smallest absolute Gasteiger partial charge is 0.164 e. The van der Waals surface area contributed by atoms with Crippen molar-refractivity contribution in [2.24, 2.45) is 0 Å². The first-order chi connectivity index (χ1) is 23.8. The number of fused-ring (bicyclic) bond motifs is 7. The fourth-order valence-electron chi connectivity index (χ4n) is 7.35. The summed E-state index contributed by atoms with van der Waals surface area (Å²) in [4.78, 5) is 15.5. The molecular weight excluding hydrogens is 589 g/mol. The van der Waals surface area contributed by atoms with Crippen molar-refractivity contribution in [2.45, 2.75) is 12.8 Å². The van der Waals surface area contributed by atoms with Gasteiger partial charge in [0.05, 0.1) is 16.7 Å². The molecule has 0 unspecified atom stereocenters. The van der Waals surface area contributed by atoms with Gasteiger partial charge in [0, 0.05) is 43.8 Å². The van der Waals surface area contributed by atoms with Gasteiger partial charge in [0.1, 0.15) is 11.3 Å². The molecule has 0 aliphatic heterocycles. The topological polar surface area (TPSA) is 56.7 Å². The highest BCUT2D eigenvalue weighted by molar-refractivity contribution is 6.11. The standard InChI is InChI=1S/C43H28N4O/c1-2-13-27(14-3-1)41-44-42(46-43(45-41)34-20-12-24-39-40(34)33-19-8-11-23-38(33)48-39)29-25-28-15-4-5-16-30(28)37(26-29)47-35-21-9-6-17-31(35)32-18-7-10-22-36(32)47/h1-7,9-18,20-26H,8,19H2. The van der Waals surface area contributed by atoms with Crippen LogP contribution in [0.2, 0.25) is 0 Å². The van der Waals surface area contributed by atoms with Crippen LogP contribution in [0.5, 0.6) is 0 Å². The summed E-state index contributed by atoms with van der Waals surface area (Å²) in [5.41, 5.74) is 8.29. The zero-order valence-electron chi connectivity index (χ0n) is 26.0. The van der Waals surface area contributed by atoms with Gasteiger partial charge in [-0.1, -0.05) is 109 Å². The molecule has 1 aliphatic carbocycles. The largest absolute Gasteiger partial charge is 0.456 e. The number of furan rings is 1. The molecule has 3 heterocycles. The molecule has 48 heavy (non-hydrogen) atoms. The Morgan fingerprint density at radius 2 is 1.23 bits per heavy atom. The number of aromatic nitrogens is 4. The van der Waals surface area contributed by atoms with Gasteiger partial charge in [0.25, 0.3) is 0 Å². The fourth-order valence-corrected chi connectivity index (χ4v) is 7.35. The summed E-state index contributed by atoms with van der Waals surface area (Å²) in [6.07, 6.45) is 6.16. The molecular formula is C43H28N4O. The molecule has 0 bridgehead atoms. The van der Waals surface area contributed by atoms with Crippen LogP contribution in [0.15, 0.2) is 144 Å². The van der Waals surface area contributed by atoms with Crippen molar-refractivity contribution < 1.29 is 4.42 Å². The van der Waals surface area contributed by atoms with E-state index in [0.717, 1.165) is 73.8 Å². The predicted molar refractivity (Wildman–Crippen MR) is 195 cm³/mol. The molecule has 0 amide bonds. The second-order valence-electron chi connectivity index (χ2n) is 12.3. The predicted octanol–water partition coefficient (Wildman–Crippen LogP) is 10.8. The first-order valence-corrected chi connectivity index (χ1v) is 16.3. The van der Waals surface area contributed by atoms with Gasteiger partial charge in [-0.3, -0.25) is 0 Å². The van der Waals surface area contributed by atoms with Gasteiger partial charge in [0.2, 0.25) is 0 Å². The number of rotatable bonds is 4. The molecule has 5 heteroatoms. The van der Waals surface area contributed by atoms with Crippen molar-refractivity contribution in [1.29, 1.82) is 0 Å². The van der Waals surface area contributed by atoms with E-state index in [0.29, 0.717) is 17.5 Å². The second-order valence-corrected chi connectivity index (χ2v) is 12.3.